The molecule has 0 aliphatic heterocycles. The molecule has 88 valence electrons. The van der Waals surface area contributed by atoms with E-state index in [2.05, 4.69) is 10.4 Å². The number of benzene rings is 1. The van der Waals surface area contributed by atoms with Gasteiger partial charge in [0.1, 0.15) is 0 Å². The topological polar surface area (TPSA) is 55.9 Å². The van der Waals surface area contributed by atoms with Gasteiger partial charge in [-0.3, -0.25) is 0 Å². The van der Waals surface area contributed by atoms with Gasteiger partial charge in [-0.05, 0) is 44.3 Å². The minimum Gasteiger partial charge on any atom is -0.376 e. The van der Waals surface area contributed by atoms with Gasteiger partial charge in [0.15, 0.2) is 5.11 Å². The van der Waals surface area contributed by atoms with Gasteiger partial charge < -0.3 is 11.1 Å². The molecule has 0 aliphatic rings. The van der Waals surface area contributed by atoms with Gasteiger partial charge in [-0.15, -0.1) is 0 Å². The maximum absolute atomic E-state index is 5.51. The summed E-state index contributed by atoms with van der Waals surface area (Å²) in [7, 11) is 0. The molecule has 2 aromatic rings. The molecule has 1 aromatic carbocycles. The number of aromatic nitrogens is 2. The van der Waals surface area contributed by atoms with Crippen molar-refractivity contribution in [2.75, 3.05) is 5.32 Å². The third-order valence-electron chi connectivity index (χ3n) is 2.40. The van der Waals surface area contributed by atoms with Crippen molar-refractivity contribution >= 4 is 23.0 Å². The third-order valence-corrected chi connectivity index (χ3v) is 2.50. The fourth-order valence-corrected chi connectivity index (χ4v) is 1.88. The average Bonchev–Trinajstić information content (AvgIpc) is 2.58. The summed E-state index contributed by atoms with van der Waals surface area (Å²) in [5.41, 5.74) is 9.34. The van der Waals surface area contributed by atoms with E-state index in [9.17, 15) is 0 Å². The van der Waals surface area contributed by atoms with E-state index in [1.807, 2.05) is 48.9 Å². The monoisotopic (exact) mass is 246 g/mol. The first-order valence-corrected chi connectivity index (χ1v) is 5.68. The van der Waals surface area contributed by atoms with Crippen LogP contribution in [0.25, 0.3) is 5.69 Å². The van der Waals surface area contributed by atoms with Crippen LogP contribution in [0.1, 0.15) is 11.4 Å². The van der Waals surface area contributed by atoms with E-state index in [0.29, 0.717) is 0 Å². The molecule has 1 heterocycles. The van der Waals surface area contributed by atoms with Crippen LogP contribution >= 0.6 is 12.2 Å². The Morgan fingerprint density at radius 2 is 2.06 bits per heavy atom. The van der Waals surface area contributed by atoms with E-state index in [4.69, 9.17) is 18.0 Å². The lowest BCUT2D eigenvalue weighted by molar-refractivity contribution is 0.835. The number of anilines is 1. The molecule has 2 rings (SSSR count). The lowest BCUT2D eigenvalue weighted by atomic mass is 10.2. The normalized spacial score (nSPS) is 10.2. The van der Waals surface area contributed by atoms with E-state index in [1.165, 1.54) is 0 Å². The Bertz CT molecular complexity index is 559. The van der Waals surface area contributed by atoms with Crippen LogP contribution in [0.2, 0.25) is 0 Å². The highest BCUT2D eigenvalue weighted by molar-refractivity contribution is 7.80. The number of hydrogen-bond acceptors (Lipinski definition) is 2. The predicted molar refractivity (Wildman–Crippen MR) is 73.4 cm³/mol. The summed E-state index contributed by atoms with van der Waals surface area (Å²) in [6.45, 7) is 3.98. The summed E-state index contributed by atoms with van der Waals surface area (Å²) in [4.78, 5) is 0. The maximum atomic E-state index is 5.51. The highest BCUT2D eigenvalue weighted by Crippen LogP contribution is 2.21. The minimum atomic E-state index is 0.249. The van der Waals surface area contributed by atoms with Crippen molar-refractivity contribution in [1.29, 1.82) is 0 Å². The van der Waals surface area contributed by atoms with Crippen LogP contribution in [-0.2, 0) is 0 Å². The second-order valence-electron chi connectivity index (χ2n) is 3.85. The molecule has 0 atom stereocenters. The summed E-state index contributed by atoms with van der Waals surface area (Å²) in [6, 6.07) is 9.80. The van der Waals surface area contributed by atoms with Gasteiger partial charge in [0, 0.05) is 5.69 Å². The molecule has 0 saturated heterocycles. The van der Waals surface area contributed by atoms with E-state index < -0.39 is 0 Å². The second kappa shape index (κ2) is 4.55. The first kappa shape index (κ1) is 11.6. The van der Waals surface area contributed by atoms with Crippen molar-refractivity contribution in [3.05, 3.63) is 41.7 Å². The molecule has 1 aromatic heterocycles. The maximum Gasteiger partial charge on any atom is 0.168 e. The van der Waals surface area contributed by atoms with Crippen molar-refractivity contribution in [1.82, 2.24) is 9.78 Å². The van der Waals surface area contributed by atoms with Crippen molar-refractivity contribution in [3.8, 4) is 5.69 Å². The number of nitrogens with two attached hydrogens (primary N) is 1. The SMILES string of the molecule is Cc1cc(C)n(-c2ccccc2NC(N)=S)n1. The lowest BCUT2D eigenvalue weighted by Crippen LogP contribution is -2.20. The highest BCUT2D eigenvalue weighted by Gasteiger charge is 2.08. The van der Waals surface area contributed by atoms with E-state index in [1.54, 1.807) is 0 Å². The molecular weight excluding hydrogens is 232 g/mol. The first-order valence-electron chi connectivity index (χ1n) is 5.27. The molecule has 0 radical (unpaired) electrons. The zero-order valence-corrected chi connectivity index (χ0v) is 10.6. The molecule has 3 N–H and O–H groups in total. The molecule has 17 heavy (non-hydrogen) atoms. The number of hydrogen-bond donors (Lipinski definition) is 2. The van der Waals surface area contributed by atoms with Gasteiger partial charge in [-0.2, -0.15) is 5.10 Å². The van der Waals surface area contributed by atoms with Gasteiger partial charge in [0.25, 0.3) is 0 Å². The Balaban J connectivity index is 2.51. The van der Waals surface area contributed by atoms with Crippen LogP contribution in [-0.4, -0.2) is 14.9 Å². The van der Waals surface area contributed by atoms with E-state index in [0.717, 1.165) is 22.8 Å². The van der Waals surface area contributed by atoms with Gasteiger partial charge in [0.05, 0.1) is 17.1 Å². The summed E-state index contributed by atoms with van der Waals surface area (Å²) in [6.07, 6.45) is 0. The quantitative estimate of drug-likeness (QED) is 0.797. The summed E-state index contributed by atoms with van der Waals surface area (Å²) in [5.74, 6) is 0. The summed E-state index contributed by atoms with van der Waals surface area (Å²) in [5, 5.41) is 7.65. The number of para-hydroxylation sites is 2. The van der Waals surface area contributed by atoms with Crippen molar-refractivity contribution in [3.63, 3.8) is 0 Å². The fraction of sp³-hybridized carbons (Fsp3) is 0.167. The van der Waals surface area contributed by atoms with Gasteiger partial charge in [-0.1, -0.05) is 12.1 Å². The molecular formula is C12H14N4S. The Kier molecular flexibility index (Phi) is 3.10. The molecule has 0 spiro atoms. The van der Waals surface area contributed by atoms with Gasteiger partial charge >= 0.3 is 0 Å². The van der Waals surface area contributed by atoms with Crippen molar-refractivity contribution in [2.45, 2.75) is 13.8 Å². The first-order chi connectivity index (χ1) is 8.08. The fourth-order valence-electron chi connectivity index (χ4n) is 1.77. The minimum absolute atomic E-state index is 0.249. The molecule has 0 fully saturated rings. The van der Waals surface area contributed by atoms with Gasteiger partial charge in [0.2, 0.25) is 0 Å². The Hall–Kier alpha value is -1.88. The number of nitrogens with one attached hydrogen (secondary N) is 1. The molecule has 5 heteroatoms. The molecule has 4 nitrogen and oxygen atoms in total. The summed E-state index contributed by atoms with van der Waals surface area (Å²) >= 11 is 4.86. The Morgan fingerprint density at radius 3 is 2.65 bits per heavy atom. The van der Waals surface area contributed by atoms with Crippen LogP contribution in [0.15, 0.2) is 30.3 Å². The van der Waals surface area contributed by atoms with Crippen LogP contribution in [0.4, 0.5) is 5.69 Å². The third kappa shape index (κ3) is 2.45. The van der Waals surface area contributed by atoms with E-state index in [-0.39, 0.29) is 5.11 Å². The standard InChI is InChI=1S/C12H14N4S/c1-8-7-9(2)16(15-8)11-6-4-3-5-10(11)14-12(13)17/h3-7H,1-2H3,(H3,13,14,17). The number of aryl methyl sites for hydroxylation is 2. The van der Waals surface area contributed by atoms with Crippen LogP contribution in [0.5, 0.6) is 0 Å². The summed E-state index contributed by atoms with van der Waals surface area (Å²) < 4.78 is 1.87. The molecule has 0 bridgehead atoms. The van der Waals surface area contributed by atoms with Crippen molar-refractivity contribution in [2.24, 2.45) is 5.73 Å². The van der Waals surface area contributed by atoms with E-state index >= 15 is 0 Å². The van der Waals surface area contributed by atoms with Gasteiger partial charge in [-0.25, -0.2) is 4.68 Å². The lowest BCUT2D eigenvalue weighted by Gasteiger charge is -2.11. The Labute approximate surface area is 105 Å². The molecule has 0 unspecified atom stereocenters. The Morgan fingerprint density at radius 1 is 1.35 bits per heavy atom. The predicted octanol–water partition coefficient (Wildman–Crippen LogP) is 2.14. The van der Waals surface area contributed by atoms with Crippen LogP contribution in [0, 0.1) is 13.8 Å². The zero-order valence-electron chi connectivity index (χ0n) is 9.77. The van der Waals surface area contributed by atoms with Crippen molar-refractivity contribution < 1.29 is 0 Å². The smallest absolute Gasteiger partial charge is 0.168 e. The number of nitrogens with zero attached hydrogens (tertiary/aromatic N) is 2. The number of thiocarbonyl (C=S) groups is 1. The zero-order chi connectivity index (χ0) is 12.4. The largest absolute Gasteiger partial charge is 0.376 e. The molecule has 0 amide bonds. The number of rotatable bonds is 2. The van der Waals surface area contributed by atoms with Crippen LogP contribution in [0.3, 0.4) is 0 Å². The second-order valence-corrected chi connectivity index (χ2v) is 4.29. The highest BCUT2D eigenvalue weighted by atomic mass is 32.1. The molecule has 0 aliphatic carbocycles. The molecule has 0 saturated carbocycles. The average molecular weight is 246 g/mol. The van der Waals surface area contributed by atoms with Crippen LogP contribution < -0.4 is 11.1 Å².